The van der Waals surface area contributed by atoms with Crippen molar-refractivity contribution >= 4 is 34.0 Å². The molecule has 0 atom stereocenters. The van der Waals surface area contributed by atoms with Crippen LogP contribution in [0.2, 0.25) is 5.02 Å². The molecular formula is C24H26ClN3O. The van der Waals surface area contributed by atoms with Crippen molar-refractivity contribution in [2.45, 2.75) is 13.5 Å². The Morgan fingerprint density at radius 3 is 2.52 bits per heavy atom. The Labute approximate surface area is 177 Å². The van der Waals surface area contributed by atoms with Gasteiger partial charge in [0.2, 0.25) is 5.91 Å². The van der Waals surface area contributed by atoms with Crippen molar-refractivity contribution < 1.29 is 4.79 Å². The monoisotopic (exact) mass is 407 g/mol. The van der Waals surface area contributed by atoms with E-state index in [1.807, 2.05) is 19.1 Å². The first-order valence-corrected chi connectivity index (χ1v) is 10.4. The maximum Gasteiger partial charge on any atom is 0.238 e. The molecule has 1 amide bonds. The molecule has 29 heavy (non-hydrogen) atoms. The number of benzene rings is 3. The molecule has 150 valence electrons. The lowest BCUT2D eigenvalue weighted by Crippen LogP contribution is -2.48. The molecule has 1 aliphatic heterocycles. The predicted molar refractivity (Wildman–Crippen MR) is 120 cm³/mol. The molecule has 5 heteroatoms. The molecule has 0 radical (unpaired) electrons. The maximum absolute atomic E-state index is 12.5. The summed E-state index contributed by atoms with van der Waals surface area (Å²) in [7, 11) is 0. The van der Waals surface area contributed by atoms with Crippen molar-refractivity contribution in [2.24, 2.45) is 0 Å². The number of hydrogen-bond acceptors (Lipinski definition) is 3. The Hall–Kier alpha value is -2.40. The second-order valence-electron chi connectivity index (χ2n) is 7.70. The van der Waals surface area contributed by atoms with Gasteiger partial charge < -0.3 is 5.32 Å². The van der Waals surface area contributed by atoms with Crippen molar-refractivity contribution in [1.29, 1.82) is 0 Å². The highest BCUT2D eigenvalue weighted by Gasteiger charge is 2.20. The van der Waals surface area contributed by atoms with Crippen LogP contribution in [0.1, 0.15) is 11.1 Å². The Bertz CT molecular complexity index is 1010. The van der Waals surface area contributed by atoms with Gasteiger partial charge >= 0.3 is 0 Å². The van der Waals surface area contributed by atoms with Gasteiger partial charge in [0.05, 0.1) is 6.54 Å². The topological polar surface area (TPSA) is 35.6 Å². The molecule has 1 N–H and O–H groups in total. The lowest BCUT2D eigenvalue weighted by atomic mass is 10.0. The van der Waals surface area contributed by atoms with E-state index in [4.69, 9.17) is 11.6 Å². The van der Waals surface area contributed by atoms with E-state index in [9.17, 15) is 4.79 Å². The van der Waals surface area contributed by atoms with Crippen LogP contribution in [0.5, 0.6) is 0 Å². The quantitative estimate of drug-likeness (QED) is 0.673. The van der Waals surface area contributed by atoms with E-state index in [0.29, 0.717) is 11.6 Å². The highest BCUT2D eigenvalue weighted by atomic mass is 35.5. The normalized spacial score (nSPS) is 15.5. The van der Waals surface area contributed by atoms with E-state index in [2.05, 4.69) is 57.6 Å². The number of fused-ring (bicyclic) bond motifs is 1. The summed E-state index contributed by atoms with van der Waals surface area (Å²) in [5, 5.41) is 6.24. The number of carbonyl (C=O) groups excluding carboxylic acids is 1. The van der Waals surface area contributed by atoms with E-state index < -0.39 is 0 Å². The SMILES string of the molecule is Cc1ccc(Cl)cc1NC(=O)CN1CCN(Cc2cccc3ccccc23)CC1. The summed E-state index contributed by atoms with van der Waals surface area (Å²) in [6.07, 6.45) is 0. The van der Waals surface area contributed by atoms with E-state index in [0.717, 1.165) is 44.0 Å². The number of nitrogens with one attached hydrogen (secondary N) is 1. The number of piperazine rings is 1. The maximum atomic E-state index is 12.5. The fourth-order valence-electron chi connectivity index (χ4n) is 3.90. The van der Waals surface area contributed by atoms with Gasteiger partial charge in [0.1, 0.15) is 0 Å². The van der Waals surface area contributed by atoms with Gasteiger partial charge in [0.15, 0.2) is 0 Å². The number of amides is 1. The van der Waals surface area contributed by atoms with Crippen LogP contribution in [-0.2, 0) is 11.3 Å². The average Bonchev–Trinajstić information content (AvgIpc) is 2.72. The van der Waals surface area contributed by atoms with E-state index in [-0.39, 0.29) is 5.91 Å². The standard InChI is InChI=1S/C24H26ClN3O/c1-18-9-10-21(25)15-23(18)26-24(29)17-28-13-11-27(12-14-28)16-20-7-4-6-19-5-2-3-8-22(19)20/h2-10,15H,11-14,16-17H2,1H3,(H,26,29). The zero-order valence-electron chi connectivity index (χ0n) is 16.7. The minimum absolute atomic E-state index is 0.0119. The predicted octanol–water partition coefficient (Wildman–Crippen LogP) is 4.56. The van der Waals surface area contributed by atoms with Crippen LogP contribution in [0, 0.1) is 6.92 Å². The third-order valence-electron chi connectivity index (χ3n) is 5.58. The fraction of sp³-hybridized carbons (Fsp3) is 0.292. The van der Waals surface area contributed by atoms with E-state index in [1.54, 1.807) is 6.07 Å². The Morgan fingerprint density at radius 1 is 0.966 bits per heavy atom. The number of nitrogens with zero attached hydrogens (tertiary/aromatic N) is 2. The molecule has 0 aromatic heterocycles. The van der Waals surface area contributed by atoms with E-state index in [1.165, 1.54) is 16.3 Å². The molecule has 1 aliphatic rings. The zero-order chi connectivity index (χ0) is 20.2. The van der Waals surface area contributed by atoms with Crippen LogP contribution >= 0.6 is 11.6 Å². The van der Waals surface area contributed by atoms with Crippen molar-refractivity contribution in [2.75, 3.05) is 38.0 Å². The number of anilines is 1. The van der Waals surface area contributed by atoms with Crippen molar-refractivity contribution in [3.05, 3.63) is 76.8 Å². The molecular weight excluding hydrogens is 382 g/mol. The molecule has 0 unspecified atom stereocenters. The molecule has 3 aromatic carbocycles. The number of hydrogen-bond donors (Lipinski definition) is 1. The summed E-state index contributed by atoms with van der Waals surface area (Å²) >= 11 is 6.04. The third-order valence-corrected chi connectivity index (χ3v) is 5.81. The number of aryl methyl sites for hydroxylation is 1. The first-order valence-electron chi connectivity index (χ1n) is 10.1. The minimum Gasteiger partial charge on any atom is -0.325 e. The molecule has 0 saturated carbocycles. The van der Waals surface area contributed by atoms with Crippen LogP contribution in [0.4, 0.5) is 5.69 Å². The zero-order valence-corrected chi connectivity index (χ0v) is 17.5. The molecule has 4 nitrogen and oxygen atoms in total. The van der Waals surface area contributed by atoms with E-state index >= 15 is 0 Å². The molecule has 0 bridgehead atoms. The molecule has 1 fully saturated rings. The highest BCUT2D eigenvalue weighted by Crippen LogP contribution is 2.21. The summed E-state index contributed by atoms with van der Waals surface area (Å²) in [5.41, 5.74) is 3.17. The van der Waals surface area contributed by atoms with Crippen molar-refractivity contribution in [1.82, 2.24) is 9.80 Å². The van der Waals surface area contributed by atoms with Gasteiger partial charge in [-0.05, 0) is 41.0 Å². The number of halogens is 1. The Morgan fingerprint density at radius 2 is 1.69 bits per heavy atom. The number of rotatable bonds is 5. The van der Waals surface area contributed by atoms with Gasteiger partial charge in [-0.3, -0.25) is 14.6 Å². The molecule has 1 saturated heterocycles. The Balaban J connectivity index is 1.30. The Kier molecular flexibility index (Phi) is 6.14. The van der Waals surface area contributed by atoms with Crippen LogP contribution in [-0.4, -0.2) is 48.4 Å². The van der Waals surface area contributed by atoms with Gasteiger partial charge in [-0.15, -0.1) is 0 Å². The summed E-state index contributed by atoms with van der Waals surface area (Å²) in [6, 6.07) is 20.6. The van der Waals surface area contributed by atoms with Gasteiger partial charge in [-0.2, -0.15) is 0 Å². The molecule has 0 spiro atoms. The lowest BCUT2D eigenvalue weighted by Gasteiger charge is -2.34. The van der Waals surface area contributed by atoms with Crippen molar-refractivity contribution in [3.63, 3.8) is 0 Å². The first kappa shape index (κ1) is 19.9. The van der Waals surface area contributed by atoms with Gasteiger partial charge in [0.25, 0.3) is 0 Å². The highest BCUT2D eigenvalue weighted by molar-refractivity contribution is 6.31. The largest absolute Gasteiger partial charge is 0.325 e. The van der Waals surface area contributed by atoms with Crippen LogP contribution in [0.15, 0.2) is 60.7 Å². The molecule has 0 aliphatic carbocycles. The minimum atomic E-state index is 0.0119. The lowest BCUT2D eigenvalue weighted by molar-refractivity contribution is -0.117. The summed E-state index contributed by atoms with van der Waals surface area (Å²) in [6.45, 7) is 7.05. The molecule has 3 aromatic rings. The second-order valence-corrected chi connectivity index (χ2v) is 8.13. The van der Waals surface area contributed by atoms with Crippen LogP contribution in [0.3, 0.4) is 0 Å². The smallest absolute Gasteiger partial charge is 0.238 e. The average molecular weight is 408 g/mol. The summed E-state index contributed by atoms with van der Waals surface area (Å²) in [4.78, 5) is 17.1. The fourth-order valence-corrected chi connectivity index (χ4v) is 4.07. The van der Waals surface area contributed by atoms with Crippen molar-refractivity contribution in [3.8, 4) is 0 Å². The third kappa shape index (κ3) is 4.96. The number of carbonyl (C=O) groups is 1. The van der Waals surface area contributed by atoms with Gasteiger partial charge in [-0.1, -0.05) is 60.1 Å². The second kappa shape index (κ2) is 8.95. The summed E-state index contributed by atoms with van der Waals surface area (Å²) < 4.78 is 0. The first-order chi connectivity index (χ1) is 14.1. The van der Waals surface area contributed by atoms with Gasteiger partial charge in [0, 0.05) is 43.4 Å². The van der Waals surface area contributed by atoms with Crippen LogP contribution < -0.4 is 5.32 Å². The summed E-state index contributed by atoms with van der Waals surface area (Å²) in [5.74, 6) is 0.0119. The van der Waals surface area contributed by atoms with Crippen LogP contribution in [0.25, 0.3) is 10.8 Å². The van der Waals surface area contributed by atoms with Gasteiger partial charge in [-0.25, -0.2) is 0 Å². The molecule has 4 rings (SSSR count). The molecule has 1 heterocycles.